The number of hydrogen-bond acceptors (Lipinski definition) is 2. The third-order valence-corrected chi connectivity index (χ3v) is 4.91. The van der Waals surface area contributed by atoms with Crippen molar-refractivity contribution in [3.8, 4) is 11.1 Å². The van der Waals surface area contributed by atoms with E-state index in [1.165, 1.54) is 24.3 Å². The van der Waals surface area contributed by atoms with Gasteiger partial charge in [0.2, 0.25) is 5.91 Å². The molecule has 1 atom stereocenters. The Morgan fingerprint density at radius 2 is 1.37 bits per heavy atom. The van der Waals surface area contributed by atoms with Gasteiger partial charge in [-0.3, -0.25) is 9.59 Å². The van der Waals surface area contributed by atoms with Crippen molar-refractivity contribution in [3.05, 3.63) is 95.3 Å². The van der Waals surface area contributed by atoms with Crippen LogP contribution in [0, 0.1) is 5.82 Å². The van der Waals surface area contributed by atoms with Gasteiger partial charge in [0, 0.05) is 11.5 Å². The largest absolute Gasteiger partial charge is 0.368 e. The van der Waals surface area contributed by atoms with Crippen LogP contribution in [-0.2, 0) is 4.79 Å². The molecule has 0 radical (unpaired) electrons. The molecular weight excluding hydrogens is 343 g/mol. The lowest BCUT2D eigenvalue weighted by Crippen LogP contribution is -2.48. The maximum absolute atomic E-state index is 13.1. The highest BCUT2D eigenvalue weighted by Crippen LogP contribution is 2.46. The number of benzene rings is 3. The van der Waals surface area contributed by atoms with Crippen molar-refractivity contribution in [2.45, 2.75) is 12.0 Å². The quantitative estimate of drug-likeness (QED) is 0.750. The summed E-state index contributed by atoms with van der Waals surface area (Å²) in [5.41, 5.74) is 9.88. The fourth-order valence-electron chi connectivity index (χ4n) is 3.70. The zero-order valence-corrected chi connectivity index (χ0v) is 14.4. The second kappa shape index (κ2) is 6.68. The summed E-state index contributed by atoms with van der Waals surface area (Å²) in [4.78, 5) is 24.9. The molecule has 0 unspecified atom stereocenters. The standard InChI is InChI=1S/C22H17FN2O2/c23-14-11-9-13(10-12-14)22(27)25-20(21(24)26)19-17-7-3-1-5-15(17)16-6-2-4-8-18(16)19/h1-12,19-20H,(H2,24,26)(H,25,27)/t20-/m0/s1. The lowest BCUT2D eigenvalue weighted by atomic mass is 9.88. The van der Waals surface area contributed by atoms with Crippen LogP contribution >= 0.6 is 0 Å². The molecule has 2 amide bonds. The number of nitrogens with one attached hydrogen (secondary N) is 1. The molecule has 0 saturated heterocycles. The molecule has 0 heterocycles. The maximum atomic E-state index is 13.1. The Hall–Kier alpha value is -3.47. The first-order chi connectivity index (χ1) is 13.1. The van der Waals surface area contributed by atoms with Gasteiger partial charge in [-0.25, -0.2) is 4.39 Å². The van der Waals surface area contributed by atoms with Gasteiger partial charge in [-0.2, -0.15) is 0 Å². The molecule has 0 aliphatic heterocycles. The number of fused-ring (bicyclic) bond motifs is 3. The van der Waals surface area contributed by atoms with Gasteiger partial charge < -0.3 is 11.1 Å². The van der Waals surface area contributed by atoms with Crippen molar-refractivity contribution in [2.75, 3.05) is 0 Å². The zero-order valence-electron chi connectivity index (χ0n) is 14.4. The van der Waals surface area contributed by atoms with Crippen LogP contribution in [-0.4, -0.2) is 17.9 Å². The number of halogens is 1. The molecular formula is C22H17FN2O2. The van der Waals surface area contributed by atoms with E-state index >= 15 is 0 Å². The van der Waals surface area contributed by atoms with E-state index in [0.29, 0.717) is 0 Å². The van der Waals surface area contributed by atoms with E-state index in [2.05, 4.69) is 5.32 Å². The smallest absolute Gasteiger partial charge is 0.251 e. The van der Waals surface area contributed by atoms with Crippen LogP contribution in [0.25, 0.3) is 11.1 Å². The molecule has 4 rings (SSSR count). The van der Waals surface area contributed by atoms with Crippen LogP contribution in [0.5, 0.6) is 0 Å². The second-order valence-electron chi connectivity index (χ2n) is 6.51. The molecule has 0 fully saturated rings. The van der Waals surface area contributed by atoms with E-state index in [1.54, 1.807) is 0 Å². The van der Waals surface area contributed by atoms with Crippen LogP contribution in [0.3, 0.4) is 0 Å². The van der Waals surface area contributed by atoms with Gasteiger partial charge in [0.1, 0.15) is 11.9 Å². The first-order valence-electron chi connectivity index (χ1n) is 8.60. The normalized spacial score (nSPS) is 13.5. The van der Waals surface area contributed by atoms with Crippen LogP contribution < -0.4 is 11.1 Å². The minimum atomic E-state index is -0.924. The molecule has 4 nitrogen and oxygen atoms in total. The van der Waals surface area contributed by atoms with Crippen molar-refractivity contribution in [1.82, 2.24) is 5.32 Å². The van der Waals surface area contributed by atoms with Gasteiger partial charge in [-0.15, -0.1) is 0 Å². The monoisotopic (exact) mass is 360 g/mol. The summed E-state index contributed by atoms with van der Waals surface area (Å²) in [6.07, 6.45) is 0. The van der Waals surface area contributed by atoms with E-state index < -0.39 is 23.7 Å². The third-order valence-electron chi connectivity index (χ3n) is 4.91. The van der Waals surface area contributed by atoms with Crippen LogP contribution in [0.15, 0.2) is 72.8 Å². The fourth-order valence-corrected chi connectivity index (χ4v) is 3.70. The predicted molar refractivity (Wildman–Crippen MR) is 101 cm³/mol. The highest BCUT2D eigenvalue weighted by molar-refractivity contribution is 5.98. The van der Waals surface area contributed by atoms with Crippen LogP contribution in [0.4, 0.5) is 4.39 Å². The summed E-state index contributed by atoms with van der Waals surface area (Å²) in [6.45, 7) is 0. The van der Waals surface area contributed by atoms with E-state index in [1.807, 2.05) is 48.5 Å². The van der Waals surface area contributed by atoms with Gasteiger partial charge in [0.25, 0.3) is 5.91 Å². The zero-order chi connectivity index (χ0) is 19.0. The van der Waals surface area contributed by atoms with Crippen molar-refractivity contribution < 1.29 is 14.0 Å². The molecule has 0 bridgehead atoms. The Balaban J connectivity index is 1.73. The number of nitrogens with two attached hydrogens (primary N) is 1. The van der Waals surface area contributed by atoms with E-state index in [-0.39, 0.29) is 11.5 Å². The number of rotatable bonds is 4. The summed E-state index contributed by atoms with van der Waals surface area (Å²) in [7, 11) is 0. The minimum Gasteiger partial charge on any atom is -0.368 e. The van der Waals surface area contributed by atoms with Gasteiger partial charge in [-0.05, 0) is 46.5 Å². The number of amides is 2. The minimum absolute atomic E-state index is 0.266. The molecule has 0 aromatic heterocycles. The number of hydrogen-bond donors (Lipinski definition) is 2. The van der Waals surface area contributed by atoms with E-state index in [0.717, 1.165) is 22.3 Å². The topological polar surface area (TPSA) is 72.2 Å². The maximum Gasteiger partial charge on any atom is 0.251 e. The molecule has 0 spiro atoms. The van der Waals surface area contributed by atoms with Gasteiger partial charge in [0.15, 0.2) is 0 Å². The molecule has 0 saturated carbocycles. The molecule has 3 aromatic carbocycles. The van der Waals surface area contributed by atoms with Gasteiger partial charge in [-0.1, -0.05) is 48.5 Å². The van der Waals surface area contributed by atoms with Crippen molar-refractivity contribution in [3.63, 3.8) is 0 Å². The Morgan fingerprint density at radius 1 is 0.852 bits per heavy atom. The summed E-state index contributed by atoms with van der Waals surface area (Å²) in [5, 5.41) is 2.74. The first-order valence-corrected chi connectivity index (χ1v) is 8.60. The van der Waals surface area contributed by atoms with E-state index in [9.17, 15) is 14.0 Å². The Kier molecular flexibility index (Phi) is 4.20. The lowest BCUT2D eigenvalue weighted by Gasteiger charge is -2.24. The van der Waals surface area contributed by atoms with Crippen molar-refractivity contribution >= 4 is 11.8 Å². The van der Waals surface area contributed by atoms with Crippen molar-refractivity contribution in [2.24, 2.45) is 5.73 Å². The predicted octanol–water partition coefficient (Wildman–Crippen LogP) is 3.22. The molecule has 3 N–H and O–H groups in total. The molecule has 27 heavy (non-hydrogen) atoms. The molecule has 3 aromatic rings. The lowest BCUT2D eigenvalue weighted by molar-refractivity contribution is -0.120. The number of carbonyl (C=O) groups is 2. The van der Waals surface area contributed by atoms with Crippen molar-refractivity contribution in [1.29, 1.82) is 0 Å². The summed E-state index contributed by atoms with van der Waals surface area (Å²) in [6, 6.07) is 19.8. The fraction of sp³-hybridized carbons (Fsp3) is 0.0909. The van der Waals surface area contributed by atoms with Crippen LogP contribution in [0.1, 0.15) is 27.4 Å². The SMILES string of the molecule is NC(=O)[C@@H](NC(=O)c1ccc(F)cc1)C1c2ccccc2-c2ccccc21. The summed E-state index contributed by atoms with van der Waals surface area (Å²) in [5.74, 6) is -1.90. The number of carbonyl (C=O) groups excluding carboxylic acids is 2. The molecule has 134 valence electrons. The third kappa shape index (κ3) is 2.97. The van der Waals surface area contributed by atoms with Crippen LogP contribution in [0.2, 0.25) is 0 Å². The average molecular weight is 360 g/mol. The highest BCUT2D eigenvalue weighted by Gasteiger charge is 2.37. The van der Waals surface area contributed by atoms with E-state index in [4.69, 9.17) is 5.73 Å². The van der Waals surface area contributed by atoms with Gasteiger partial charge >= 0.3 is 0 Å². The molecule has 5 heteroatoms. The summed E-state index contributed by atoms with van der Waals surface area (Å²) >= 11 is 0. The number of primary amides is 1. The molecule has 1 aliphatic rings. The first kappa shape index (κ1) is 17.0. The average Bonchev–Trinajstić information content (AvgIpc) is 3.01. The highest BCUT2D eigenvalue weighted by atomic mass is 19.1. The second-order valence-corrected chi connectivity index (χ2v) is 6.51. The summed E-state index contributed by atoms with van der Waals surface area (Å²) < 4.78 is 13.1. The Labute approximate surface area is 155 Å². The van der Waals surface area contributed by atoms with Gasteiger partial charge in [0.05, 0.1) is 0 Å². The molecule has 1 aliphatic carbocycles. The Morgan fingerprint density at radius 3 is 1.89 bits per heavy atom. The Bertz CT molecular complexity index is 985.